The molecule has 0 rings (SSSR count). The van der Waals surface area contributed by atoms with Crippen LogP contribution in [0.15, 0.2) is 0 Å². The van der Waals surface area contributed by atoms with Crippen LogP contribution in [0.4, 0.5) is 0 Å². The molecule has 0 aliphatic rings. The number of carbonyl (C=O) groups excluding carboxylic acids is 4. The van der Waals surface area contributed by atoms with E-state index in [0.717, 1.165) is 0 Å². The van der Waals surface area contributed by atoms with Gasteiger partial charge < -0.3 is 42.7 Å². The molecule has 4 unspecified atom stereocenters. The van der Waals surface area contributed by atoms with Gasteiger partial charge in [-0.25, -0.2) is 4.79 Å². The molecule has 0 radical (unpaired) electrons. The summed E-state index contributed by atoms with van der Waals surface area (Å²) in [4.78, 5) is 80.2. The highest BCUT2D eigenvalue weighted by Crippen LogP contribution is 2.00. The van der Waals surface area contributed by atoms with Crippen LogP contribution >= 0.6 is 12.6 Å². The minimum Gasteiger partial charge on any atom is -0.481 e. The van der Waals surface area contributed by atoms with E-state index in [-0.39, 0.29) is 5.75 Å². The Morgan fingerprint density at radius 3 is 1.58 bits per heavy atom. The van der Waals surface area contributed by atoms with Crippen molar-refractivity contribution in [2.24, 2.45) is 11.5 Å². The van der Waals surface area contributed by atoms with E-state index in [1.165, 1.54) is 0 Å². The summed E-state index contributed by atoms with van der Waals surface area (Å²) in [6.07, 6.45) is -2.47. The second-order valence-corrected chi connectivity index (χ2v) is 6.54. The molecule has 0 heterocycles. The van der Waals surface area contributed by atoms with Gasteiger partial charge in [0.15, 0.2) is 0 Å². The molecule has 0 aromatic heterocycles. The Hall–Kier alpha value is -3.40. The molecular weight excluding hydrogens is 442 g/mol. The van der Waals surface area contributed by atoms with E-state index in [1.807, 2.05) is 5.32 Å². The third-order valence-corrected chi connectivity index (χ3v) is 3.94. The fourth-order valence-corrected chi connectivity index (χ4v) is 2.34. The number of nitrogens with one attached hydrogen (secondary N) is 3. The zero-order valence-electron chi connectivity index (χ0n) is 15.9. The molecule has 0 fully saturated rings. The van der Waals surface area contributed by atoms with Gasteiger partial charge in [0, 0.05) is 5.75 Å². The molecule has 0 bridgehead atoms. The van der Waals surface area contributed by atoms with Gasteiger partial charge >= 0.3 is 17.9 Å². The first-order chi connectivity index (χ1) is 14.3. The van der Waals surface area contributed by atoms with Gasteiger partial charge in [-0.2, -0.15) is 12.6 Å². The molecule has 0 aromatic rings. The molecule has 174 valence electrons. The van der Waals surface area contributed by atoms with Crippen molar-refractivity contribution in [2.75, 3.05) is 5.75 Å². The normalized spacial score (nSPS) is 14.3. The SMILES string of the molecule is NC(=O)CC(NC(=O)C(CS)NC(=O)C(N)CC(=O)O)C(=O)NC(CC(=O)O)C(=O)O. The molecule has 10 N–H and O–H groups in total. The predicted octanol–water partition coefficient (Wildman–Crippen LogP) is -4.39. The molecule has 16 heteroatoms. The number of rotatable bonds is 14. The quantitative estimate of drug-likeness (QED) is 0.110. The molecule has 0 saturated carbocycles. The number of carboxylic acid groups (broad SMARTS) is 3. The number of thiol groups is 1. The summed E-state index contributed by atoms with van der Waals surface area (Å²) in [5.41, 5.74) is 10.4. The number of hydrogen-bond acceptors (Lipinski definition) is 9. The fraction of sp³-hybridized carbons (Fsp3) is 0.533. The molecule has 0 spiro atoms. The lowest BCUT2D eigenvalue weighted by Crippen LogP contribution is -2.58. The predicted molar refractivity (Wildman–Crippen MR) is 104 cm³/mol. The first-order valence-corrected chi connectivity index (χ1v) is 9.13. The number of carboxylic acids is 3. The zero-order valence-corrected chi connectivity index (χ0v) is 16.8. The monoisotopic (exact) mass is 465 g/mol. The Labute approximate surface area is 180 Å². The van der Waals surface area contributed by atoms with Crippen molar-refractivity contribution in [1.29, 1.82) is 0 Å². The Bertz CT molecular complexity index is 746. The summed E-state index contributed by atoms with van der Waals surface area (Å²) in [6.45, 7) is 0. The van der Waals surface area contributed by atoms with E-state index in [1.54, 1.807) is 0 Å². The van der Waals surface area contributed by atoms with Crippen LogP contribution in [0.1, 0.15) is 19.3 Å². The highest BCUT2D eigenvalue weighted by atomic mass is 32.1. The maximum absolute atomic E-state index is 12.4. The third-order valence-electron chi connectivity index (χ3n) is 3.58. The van der Waals surface area contributed by atoms with Crippen LogP contribution in [0.3, 0.4) is 0 Å². The average molecular weight is 465 g/mol. The number of primary amides is 1. The van der Waals surface area contributed by atoms with Crippen LogP contribution in [0, 0.1) is 0 Å². The van der Waals surface area contributed by atoms with Gasteiger partial charge in [0.05, 0.1) is 25.3 Å². The van der Waals surface area contributed by atoms with Gasteiger partial charge in [-0.3, -0.25) is 28.8 Å². The molecule has 0 saturated heterocycles. The maximum Gasteiger partial charge on any atom is 0.326 e. The second kappa shape index (κ2) is 13.0. The van der Waals surface area contributed by atoms with E-state index in [4.69, 9.17) is 26.8 Å². The fourth-order valence-electron chi connectivity index (χ4n) is 2.08. The van der Waals surface area contributed by atoms with Gasteiger partial charge in [0.25, 0.3) is 0 Å². The standard InChI is InChI=1S/C15H23N5O10S/c16-5(1-10(22)23)12(26)20-8(4-31)14(28)18-6(2-9(17)21)13(27)19-7(15(29)30)3-11(24)25/h5-8,31H,1-4,16H2,(H2,17,21)(H,18,28)(H,19,27)(H,20,26)(H,22,23)(H,24,25)(H,29,30). The zero-order chi connectivity index (χ0) is 24.3. The second-order valence-electron chi connectivity index (χ2n) is 6.18. The van der Waals surface area contributed by atoms with Gasteiger partial charge in [-0.05, 0) is 0 Å². The van der Waals surface area contributed by atoms with E-state index in [2.05, 4.69) is 23.3 Å². The van der Waals surface area contributed by atoms with Gasteiger partial charge in [-0.15, -0.1) is 0 Å². The third kappa shape index (κ3) is 10.8. The lowest BCUT2D eigenvalue weighted by Gasteiger charge is -2.23. The summed E-state index contributed by atoms with van der Waals surface area (Å²) in [6, 6.07) is -6.45. The first-order valence-electron chi connectivity index (χ1n) is 8.50. The average Bonchev–Trinajstić information content (AvgIpc) is 2.62. The van der Waals surface area contributed by atoms with Crippen molar-refractivity contribution in [2.45, 2.75) is 43.4 Å². The smallest absolute Gasteiger partial charge is 0.326 e. The lowest BCUT2D eigenvalue weighted by atomic mass is 10.1. The largest absolute Gasteiger partial charge is 0.481 e. The maximum atomic E-state index is 12.4. The number of hydrogen-bond donors (Lipinski definition) is 9. The Kier molecular flexibility index (Phi) is 11.6. The summed E-state index contributed by atoms with van der Waals surface area (Å²) in [5.74, 6) is -9.20. The van der Waals surface area contributed by atoms with Crippen molar-refractivity contribution in [3.8, 4) is 0 Å². The highest BCUT2D eigenvalue weighted by Gasteiger charge is 2.31. The molecular formula is C15H23N5O10S. The number of amides is 4. The van der Waals surface area contributed by atoms with Crippen molar-refractivity contribution >= 4 is 54.2 Å². The van der Waals surface area contributed by atoms with Crippen LogP contribution in [0.25, 0.3) is 0 Å². The van der Waals surface area contributed by atoms with Crippen molar-refractivity contribution < 1.29 is 48.9 Å². The van der Waals surface area contributed by atoms with Gasteiger partial charge in [0.2, 0.25) is 23.6 Å². The molecule has 31 heavy (non-hydrogen) atoms. The molecule has 0 aliphatic carbocycles. The van der Waals surface area contributed by atoms with Crippen LogP contribution in [0.2, 0.25) is 0 Å². The first kappa shape index (κ1) is 27.6. The van der Waals surface area contributed by atoms with Crippen molar-refractivity contribution in [3.63, 3.8) is 0 Å². The van der Waals surface area contributed by atoms with E-state index >= 15 is 0 Å². The topological polar surface area (TPSA) is 268 Å². The lowest BCUT2D eigenvalue weighted by molar-refractivity contribution is -0.147. The van der Waals surface area contributed by atoms with Crippen LogP contribution < -0.4 is 27.4 Å². The van der Waals surface area contributed by atoms with Crippen LogP contribution in [-0.2, 0) is 33.6 Å². The van der Waals surface area contributed by atoms with Crippen molar-refractivity contribution in [1.82, 2.24) is 16.0 Å². The summed E-state index contributed by atoms with van der Waals surface area (Å²) < 4.78 is 0. The minimum absolute atomic E-state index is 0.320. The molecule has 0 aliphatic heterocycles. The number of aliphatic carboxylic acids is 3. The van der Waals surface area contributed by atoms with Crippen LogP contribution in [0.5, 0.6) is 0 Å². The van der Waals surface area contributed by atoms with Crippen molar-refractivity contribution in [3.05, 3.63) is 0 Å². The summed E-state index contributed by atoms with van der Waals surface area (Å²) in [7, 11) is 0. The Balaban J connectivity index is 5.32. The molecule has 4 atom stereocenters. The van der Waals surface area contributed by atoms with E-state index in [0.29, 0.717) is 0 Å². The summed E-state index contributed by atoms with van der Waals surface area (Å²) in [5, 5.41) is 32.4. The number of nitrogens with two attached hydrogens (primary N) is 2. The van der Waals surface area contributed by atoms with Gasteiger partial charge in [-0.1, -0.05) is 0 Å². The molecule has 15 nitrogen and oxygen atoms in total. The van der Waals surface area contributed by atoms with Crippen LogP contribution in [-0.4, -0.2) is 86.8 Å². The van der Waals surface area contributed by atoms with E-state index in [9.17, 15) is 33.6 Å². The molecule has 0 aromatic carbocycles. The Morgan fingerprint density at radius 1 is 0.710 bits per heavy atom. The highest BCUT2D eigenvalue weighted by molar-refractivity contribution is 7.80. The Morgan fingerprint density at radius 2 is 1.16 bits per heavy atom. The van der Waals surface area contributed by atoms with Gasteiger partial charge in [0.1, 0.15) is 18.1 Å². The number of carbonyl (C=O) groups is 7. The summed E-state index contributed by atoms with van der Waals surface area (Å²) >= 11 is 3.86. The van der Waals surface area contributed by atoms with E-state index < -0.39 is 85.0 Å². The minimum atomic E-state index is -1.85. The molecule has 4 amide bonds.